The largest absolute Gasteiger partial charge is 0.360 e. The van der Waals surface area contributed by atoms with Crippen molar-refractivity contribution in [1.29, 1.82) is 0 Å². The highest BCUT2D eigenvalue weighted by Crippen LogP contribution is 2.38. The van der Waals surface area contributed by atoms with E-state index in [1.165, 1.54) is 17.4 Å². The third-order valence-corrected chi connectivity index (χ3v) is 5.13. The molecule has 4 rings (SSSR count). The normalized spacial score (nSPS) is 13.7. The van der Waals surface area contributed by atoms with E-state index in [-0.39, 0.29) is 5.82 Å². The van der Waals surface area contributed by atoms with Crippen LogP contribution in [-0.4, -0.2) is 53.6 Å². The van der Waals surface area contributed by atoms with Crippen LogP contribution in [0.15, 0.2) is 24.5 Å². The van der Waals surface area contributed by atoms with Crippen LogP contribution in [0.25, 0.3) is 10.3 Å². The van der Waals surface area contributed by atoms with E-state index >= 15 is 0 Å². The van der Waals surface area contributed by atoms with Crippen molar-refractivity contribution in [3.63, 3.8) is 0 Å². The van der Waals surface area contributed by atoms with Crippen LogP contribution in [0.5, 0.6) is 0 Å². The smallest absolute Gasteiger partial charge is 0.185 e. The van der Waals surface area contributed by atoms with Gasteiger partial charge in [-0.1, -0.05) is 11.3 Å². The Kier molecular flexibility index (Phi) is 4.22. The molecule has 0 atom stereocenters. The molecule has 2 aromatic heterocycles. The summed E-state index contributed by atoms with van der Waals surface area (Å²) < 4.78 is 13.5. The van der Waals surface area contributed by atoms with Gasteiger partial charge in [-0.05, 0) is 44.3 Å². The highest BCUT2D eigenvalue weighted by molar-refractivity contribution is 7.21. The van der Waals surface area contributed by atoms with E-state index in [0.29, 0.717) is 0 Å². The average molecular weight is 358 g/mol. The molecule has 130 valence electrons. The minimum Gasteiger partial charge on any atom is -0.360 e. The second-order valence-electron chi connectivity index (χ2n) is 6.27. The van der Waals surface area contributed by atoms with E-state index in [1.54, 1.807) is 12.4 Å². The minimum absolute atomic E-state index is 0.200. The molecule has 0 unspecified atom stereocenters. The van der Waals surface area contributed by atoms with Gasteiger partial charge in [0, 0.05) is 25.3 Å². The summed E-state index contributed by atoms with van der Waals surface area (Å²) in [7, 11) is 4.08. The summed E-state index contributed by atoms with van der Waals surface area (Å²) in [5.41, 5.74) is 2.79. The summed E-state index contributed by atoms with van der Waals surface area (Å²) in [4.78, 5) is 18.6. The second-order valence-corrected chi connectivity index (χ2v) is 7.25. The fourth-order valence-electron chi connectivity index (χ4n) is 2.99. The Morgan fingerprint density at radius 3 is 3.04 bits per heavy atom. The quantitative estimate of drug-likeness (QED) is 0.757. The van der Waals surface area contributed by atoms with Gasteiger partial charge in [-0.25, -0.2) is 19.3 Å². The molecule has 0 amide bonds. The molecule has 0 bridgehead atoms. The van der Waals surface area contributed by atoms with Crippen molar-refractivity contribution in [3.8, 4) is 0 Å². The second kappa shape index (κ2) is 6.53. The third-order valence-electron chi connectivity index (χ3n) is 4.20. The first-order valence-corrected chi connectivity index (χ1v) is 8.99. The van der Waals surface area contributed by atoms with E-state index in [1.807, 2.05) is 20.2 Å². The lowest BCUT2D eigenvalue weighted by Gasteiger charge is -2.18. The Morgan fingerprint density at radius 1 is 1.32 bits per heavy atom. The molecule has 0 aliphatic carbocycles. The number of benzene rings is 1. The number of aromatic nitrogens is 3. The number of likely N-dealkylation sites (N-methyl/N-ethyl adjacent to an activating group) is 1. The van der Waals surface area contributed by atoms with Crippen LogP contribution in [0.4, 0.5) is 21.0 Å². The Bertz CT molecular complexity index is 909. The van der Waals surface area contributed by atoms with Crippen LogP contribution in [0.3, 0.4) is 0 Å². The van der Waals surface area contributed by atoms with E-state index in [2.05, 4.69) is 25.1 Å². The monoisotopic (exact) mass is 358 g/mol. The van der Waals surface area contributed by atoms with Gasteiger partial charge in [0.05, 0.1) is 0 Å². The first-order chi connectivity index (χ1) is 12.1. The molecule has 0 saturated heterocycles. The Balaban J connectivity index is 1.66. The molecule has 0 saturated carbocycles. The molecule has 1 aliphatic heterocycles. The lowest BCUT2D eigenvalue weighted by molar-refractivity contribution is 0.425. The van der Waals surface area contributed by atoms with Crippen molar-refractivity contribution in [2.75, 3.05) is 43.9 Å². The molecule has 3 heterocycles. The van der Waals surface area contributed by atoms with Gasteiger partial charge in [-0.2, -0.15) is 0 Å². The number of nitrogens with one attached hydrogen (secondary N) is 1. The van der Waals surface area contributed by atoms with Gasteiger partial charge in [0.2, 0.25) is 0 Å². The molecule has 0 fully saturated rings. The molecular weight excluding hydrogens is 339 g/mol. The number of anilines is 3. The van der Waals surface area contributed by atoms with Crippen LogP contribution in [0.1, 0.15) is 5.56 Å². The lowest BCUT2D eigenvalue weighted by atomic mass is 10.2. The van der Waals surface area contributed by atoms with E-state index < -0.39 is 0 Å². The lowest BCUT2D eigenvalue weighted by Crippen LogP contribution is -2.20. The van der Waals surface area contributed by atoms with Crippen LogP contribution in [-0.2, 0) is 6.42 Å². The van der Waals surface area contributed by atoms with E-state index in [0.717, 1.165) is 58.6 Å². The minimum atomic E-state index is -0.200. The molecular formula is C17H19FN6S. The first kappa shape index (κ1) is 16.2. The predicted octanol–water partition coefficient (Wildman–Crippen LogP) is 2.89. The standard InChI is InChI=1S/C17H19FN6S/c1-23(2)8-6-19-17-22-14-15(20-10-21-16(14)25-17)24-7-5-11-9-12(18)3-4-13(11)24/h3-4,9-10H,5-8H2,1-2H3,(H,19,22). The molecule has 1 aliphatic rings. The van der Waals surface area contributed by atoms with Crippen molar-refractivity contribution >= 4 is 38.3 Å². The first-order valence-electron chi connectivity index (χ1n) is 8.18. The molecule has 25 heavy (non-hydrogen) atoms. The maximum atomic E-state index is 13.5. The van der Waals surface area contributed by atoms with Gasteiger partial charge in [0.25, 0.3) is 0 Å². The summed E-state index contributed by atoms with van der Waals surface area (Å²) in [5, 5.41) is 4.18. The van der Waals surface area contributed by atoms with Crippen LogP contribution in [0, 0.1) is 5.82 Å². The summed E-state index contributed by atoms with van der Waals surface area (Å²) in [6, 6.07) is 4.90. The van der Waals surface area contributed by atoms with Gasteiger partial charge in [0.15, 0.2) is 15.8 Å². The number of nitrogens with zero attached hydrogens (tertiary/aromatic N) is 5. The Morgan fingerprint density at radius 2 is 2.20 bits per heavy atom. The number of fused-ring (bicyclic) bond motifs is 2. The fraction of sp³-hybridized carbons (Fsp3) is 0.353. The molecule has 1 N–H and O–H groups in total. The van der Waals surface area contributed by atoms with E-state index in [9.17, 15) is 4.39 Å². The average Bonchev–Trinajstić information content (AvgIpc) is 3.17. The summed E-state index contributed by atoms with van der Waals surface area (Å²) in [5.74, 6) is 0.585. The number of halogens is 1. The van der Waals surface area contributed by atoms with Crippen molar-refractivity contribution in [2.45, 2.75) is 6.42 Å². The SMILES string of the molecule is CN(C)CCNc1nc2c(N3CCc4cc(F)ccc43)ncnc2s1. The molecule has 6 nitrogen and oxygen atoms in total. The number of hydrogen-bond acceptors (Lipinski definition) is 7. The van der Waals surface area contributed by atoms with Gasteiger partial charge >= 0.3 is 0 Å². The fourth-order valence-corrected chi connectivity index (χ4v) is 3.82. The third kappa shape index (κ3) is 3.14. The summed E-state index contributed by atoms with van der Waals surface area (Å²) >= 11 is 1.53. The zero-order chi connectivity index (χ0) is 17.4. The maximum Gasteiger partial charge on any atom is 0.185 e. The van der Waals surface area contributed by atoms with Crippen LogP contribution in [0.2, 0.25) is 0 Å². The molecule has 0 radical (unpaired) electrons. The summed E-state index contributed by atoms with van der Waals surface area (Å²) in [6.07, 6.45) is 2.37. The van der Waals surface area contributed by atoms with Crippen LogP contribution < -0.4 is 10.2 Å². The van der Waals surface area contributed by atoms with Gasteiger partial charge < -0.3 is 15.1 Å². The Hall–Kier alpha value is -2.32. The zero-order valence-corrected chi connectivity index (χ0v) is 15.0. The van der Waals surface area contributed by atoms with Gasteiger partial charge in [-0.15, -0.1) is 0 Å². The van der Waals surface area contributed by atoms with E-state index in [4.69, 9.17) is 4.98 Å². The molecule has 1 aromatic carbocycles. The maximum absolute atomic E-state index is 13.5. The highest BCUT2D eigenvalue weighted by Gasteiger charge is 2.25. The zero-order valence-electron chi connectivity index (χ0n) is 14.2. The van der Waals surface area contributed by atoms with Crippen molar-refractivity contribution in [2.24, 2.45) is 0 Å². The highest BCUT2D eigenvalue weighted by atomic mass is 32.1. The van der Waals surface area contributed by atoms with Crippen molar-refractivity contribution in [1.82, 2.24) is 19.9 Å². The molecule has 8 heteroatoms. The number of thiazole rings is 1. The number of hydrogen-bond donors (Lipinski definition) is 1. The number of rotatable bonds is 5. The predicted molar refractivity (Wildman–Crippen MR) is 99.4 cm³/mol. The topological polar surface area (TPSA) is 57.2 Å². The molecule has 0 spiro atoms. The Labute approximate surface area is 149 Å². The van der Waals surface area contributed by atoms with Gasteiger partial charge in [0.1, 0.15) is 17.7 Å². The molecule has 3 aromatic rings. The van der Waals surface area contributed by atoms with Crippen LogP contribution >= 0.6 is 11.3 Å². The van der Waals surface area contributed by atoms with Gasteiger partial charge in [-0.3, -0.25) is 0 Å². The van der Waals surface area contributed by atoms with Crippen molar-refractivity contribution < 1.29 is 4.39 Å². The summed E-state index contributed by atoms with van der Waals surface area (Å²) in [6.45, 7) is 2.52. The van der Waals surface area contributed by atoms with Crippen molar-refractivity contribution in [3.05, 3.63) is 35.9 Å².